The third-order valence-corrected chi connectivity index (χ3v) is 3.94. The van der Waals surface area contributed by atoms with Crippen molar-refractivity contribution in [1.29, 1.82) is 0 Å². The number of hydrogen-bond donors (Lipinski definition) is 1. The Balaban J connectivity index is 1.57. The number of nitrogens with one attached hydrogen (secondary N) is 1. The zero-order valence-electron chi connectivity index (χ0n) is 12.9. The summed E-state index contributed by atoms with van der Waals surface area (Å²) in [5.74, 6) is 0.460. The number of carbonyl (C=O) groups excluding carboxylic acids is 1. The molecule has 0 saturated carbocycles. The average Bonchev–Trinajstić information content (AvgIpc) is 2.61. The first-order chi connectivity index (χ1) is 11.7. The van der Waals surface area contributed by atoms with E-state index in [1.165, 1.54) is 0 Å². The van der Waals surface area contributed by atoms with Gasteiger partial charge in [-0.2, -0.15) is 0 Å². The fraction of sp³-hybridized carbons (Fsp3) is 0.0500. The predicted molar refractivity (Wildman–Crippen MR) is 100 cm³/mol. The molecule has 3 nitrogen and oxygen atoms in total. The highest BCUT2D eigenvalue weighted by Gasteiger charge is 2.05. The van der Waals surface area contributed by atoms with E-state index in [0.717, 1.165) is 21.3 Å². The van der Waals surface area contributed by atoms with Crippen LogP contribution in [0.2, 0.25) is 0 Å². The highest BCUT2D eigenvalue weighted by atomic mass is 79.9. The van der Waals surface area contributed by atoms with Crippen LogP contribution in [-0.4, -0.2) is 12.5 Å². The Hall–Kier alpha value is -2.59. The van der Waals surface area contributed by atoms with Gasteiger partial charge in [0.1, 0.15) is 5.75 Å². The number of hydrogen-bond acceptors (Lipinski definition) is 2. The highest BCUT2D eigenvalue weighted by Crippen LogP contribution is 2.21. The summed E-state index contributed by atoms with van der Waals surface area (Å²) in [5, 5.41) is 2.83. The van der Waals surface area contributed by atoms with E-state index >= 15 is 0 Å². The van der Waals surface area contributed by atoms with E-state index < -0.39 is 0 Å². The van der Waals surface area contributed by atoms with Gasteiger partial charge in [-0.25, -0.2) is 0 Å². The zero-order chi connectivity index (χ0) is 16.8. The summed E-state index contributed by atoms with van der Waals surface area (Å²) in [6.45, 7) is -0.0309. The molecule has 0 aliphatic rings. The largest absolute Gasteiger partial charge is 0.484 e. The van der Waals surface area contributed by atoms with Crippen LogP contribution in [0.25, 0.3) is 11.1 Å². The normalized spacial score (nSPS) is 10.2. The van der Waals surface area contributed by atoms with E-state index in [9.17, 15) is 4.79 Å². The Morgan fingerprint density at radius 2 is 1.58 bits per heavy atom. The molecule has 4 heteroatoms. The summed E-state index contributed by atoms with van der Waals surface area (Å²) in [6.07, 6.45) is 0. The van der Waals surface area contributed by atoms with Gasteiger partial charge in [0.05, 0.1) is 0 Å². The van der Waals surface area contributed by atoms with E-state index in [2.05, 4.69) is 33.4 Å². The zero-order valence-corrected chi connectivity index (χ0v) is 14.5. The molecule has 0 fully saturated rings. The first-order valence-corrected chi connectivity index (χ1v) is 8.34. The lowest BCUT2D eigenvalue weighted by atomic mass is 10.1. The van der Waals surface area contributed by atoms with Gasteiger partial charge < -0.3 is 10.1 Å². The fourth-order valence-electron chi connectivity index (χ4n) is 2.28. The molecule has 0 atom stereocenters. The number of ether oxygens (including phenoxy) is 1. The van der Waals surface area contributed by atoms with Crippen LogP contribution in [0.4, 0.5) is 5.69 Å². The second-order valence-electron chi connectivity index (χ2n) is 5.24. The van der Waals surface area contributed by atoms with Crippen LogP contribution >= 0.6 is 15.9 Å². The van der Waals surface area contributed by atoms with Gasteiger partial charge in [0.15, 0.2) is 6.61 Å². The summed E-state index contributed by atoms with van der Waals surface area (Å²) < 4.78 is 6.39. The highest BCUT2D eigenvalue weighted by molar-refractivity contribution is 9.10. The maximum absolute atomic E-state index is 12.0. The molecule has 3 aromatic rings. The van der Waals surface area contributed by atoms with Gasteiger partial charge >= 0.3 is 0 Å². The van der Waals surface area contributed by atoms with Crippen LogP contribution in [0, 0.1) is 0 Å². The van der Waals surface area contributed by atoms with Crippen molar-refractivity contribution >= 4 is 27.5 Å². The van der Waals surface area contributed by atoms with Crippen molar-refractivity contribution in [2.45, 2.75) is 0 Å². The molecule has 0 aliphatic carbocycles. The molecule has 0 radical (unpaired) electrons. The second kappa shape index (κ2) is 7.79. The molecule has 0 heterocycles. The van der Waals surface area contributed by atoms with Crippen molar-refractivity contribution in [3.8, 4) is 16.9 Å². The summed E-state index contributed by atoms with van der Waals surface area (Å²) >= 11 is 3.37. The quantitative estimate of drug-likeness (QED) is 0.664. The van der Waals surface area contributed by atoms with E-state index in [-0.39, 0.29) is 12.5 Å². The van der Waals surface area contributed by atoms with Crippen molar-refractivity contribution in [1.82, 2.24) is 0 Å². The maximum Gasteiger partial charge on any atom is 0.262 e. The Kier molecular flexibility index (Phi) is 5.29. The Morgan fingerprint density at radius 1 is 0.875 bits per heavy atom. The van der Waals surface area contributed by atoms with Crippen LogP contribution in [-0.2, 0) is 4.79 Å². The van der Waals surface area contributed by atoms with Gasteiger partial charge in [-0.05, 0) is 41.5 Å². The molecule has 0 aromatic heterocycles. The van der Waals surface area contributed by atoms with E-state index in [4.69, 9.17) is 4.74 Å². The second-order valence-corrected chi connectivity index (χ2v) is 6.15. The van der Waals surface area contributed by atoms with Gasteiger partial charge in [-0.15, -0.1) is 0 Å². The van der Waals surface area contributed by atoms with Gasteiger partial charge in [0.2, 0.25) is 0 Å². The molecule has 0 unspecified atom stereocenters. The monoisotopic (exact) mass is 381 g/mol. The average molecular weight is 382 g/mol. The lowest BCUT2D eigenvalue weighted by Gasteiger charge is -2.08. The van der Waals surface area contributed by atoms with Crippen LogP contribution in [0.5, 0.6) is 5.75 Å². The molecular formula is C20H16BrNO2. The summed E-state index contributed by atoms with van der Waals surface area (Å²) in [4.78, 5) is 12.0. The van der Waals surface area contributed by atoms with Crippen molar-refractivity contribution in [2.24, 2.45) is 0 Å². The Bertz CT molecular complexity index is 817. The third kappa shape index (κ3) is 4.46. The predicted octanol–water partition coefficient (Wildman–Crippen LogP) is 5.13. The lowest BCUT2D eigenvalue weighted by Crippen LogP contribution is -2.20. The van der Waals surface area contributed by atoms with Crippen LogP contribution in [0.15, 0.2) is 83.3 Å². The number of benzene rings is 3. The SMILES string of the molecule is O=C(COc1cccc(Br)c1)Nc1ccc(-c2ccccc2)cc1. The number of rotatable bonds is 5. The molecule has 1 amide bonds. The smallest absolute Gasteiger partial charge is 0.262 e. The van der Waals surface area contributed by atoms with Gasteiger partial charge in [0, 0.05) is 10.2 Å². The molecule has 1 N–H and O–H groups in total. The molecular weight excluding hydrogens is 366 g/mol. The Morgan fingerprint density at radius 3 is 2.29 bits per heavy atom. The number of anilines is 1. The maximum atomic E-state index is 12.0. The van der Waals surface area contributed by atoms with Crippen molar-refractivity contribution in [2.75, 3.05) is 11.9 Å². The minimum Gasteiger partial charge on any atom is -0.484 e. The molecule has 0 bridgehead atoms. The summed E-state index contributed by atoms with van der Waals surface area (Å²) in [6, 6.07) is 25.3. The van der Waals surface area contributed by atoms with Gasteiger partial charge in [0.25, 0.3) is 5.91 Å². The van der Waals surface area contributed by atoms with Crippen molar-refractivity contribution in [3.05, 3.63) is 83.3 Å². The minimum atomic E-state index is -0.192. The topological polar surface area (TPSA) is 38.3 Å². The minimum absolute atomic E-state index is 0.0309. The molecule has 3 rings (SSSR count). The summed E-state index contributed by atoms with van der Waals surface area (Å²) in [5.41, 5.74) is 3.00. The van der Waals surface area contributed by atoms with Crippen molar-refractivity contribution < 1.29 is 9.53 Å². The fourth-order valence-corrected chi connectivity index (χ4v) is 2.66. The number of halogens is 1. The first kappa shape index (κ1) is 16.3. The molecule has 0 aliphatic heterocycles. The van der Waals surface area contributed by atoms with Crippen molar-refractivity contribution in [3.63, 3.8) is 0 Å². The molecule has 0 saturated heterocycles. The van der Waals surface area contributed by atoms with Gasteiger partial charge in [-0.3, -0.25) is 4.79 Å². The first-order valence-electron chi connectivity index (χ1n) is 7.54. The van der Waals surface area contributed by atoms with Crippen LogP contribution < -0.4 is 10.1 Å². The molecule has 24 heavy (non-hydrogen) atoms. The standard InChI is InChI=1S/C20H16BrNO2/c21-17-7-4-8-19(13-17)24-14-20(23)22-18-11-9-16(10-12-18)15-5-2-1-3-6-15/h1-13H,14H2,(H,22,23). The lowest BCUT2D eigenvalue weighted by molar-refractivity contribution is -0.118. The summed E-state index contributed by atoms with van der Waals surface area (Å²) in [7, 11) is 0. The molecule has 120 valence electrons. The van der Waals surface area contributed by atoms with Crippen LogP contribution in [0.3, 0.4) is 0 Å². The molecule has 0 spiro atoms. The number of carbonyl (C=O) groups is 1. The van der Waals surface area contributed by atoms with E-state index in [1.807, 2.05) is 66.7 Å². The van der Waals surface area contributed by atoms with E-state index in [0.29, 0.717) is 5.75 Å². The van der Waals surface area contributed by atoms with Gasteiger partial charge in [-0.1, -0.05) is 64.5 Å². The molecule has 3 aromatic carbocycles. The third-order valence-electron chi connectivity index (χ3n) is 3.44. The van der Waals surface area contributed by atoms with E-state index in [1.54, 1.807) is 0 Å². The number of amides is 1. The Labute approximate surface area is 149 Å². The van der Waals surface area contributed by atoms with Crippen LogP contribution in [0.1, 0.15) is 0 Å².